The molecular weight excluding hydrogens is 348 g/mol. The van der Waals surface area contributed by atoms with Crippen LogP contribution in [0.1, 0.15) is 50.5 Å². The maximum Gasteiger partial charge on any atom is 0.387 e. The lowest BCUT2D eigenvalue weighted by Gasteiger charge is -2.30. The van der Waals surface area contributed by atoms with Gasteiger partial charge in [0.1, 0.15) is 5.75 Å². The molecule has 0 N–H and O–H groups in total. The van der Waals surface area contributed by atoms with E-state index in [1.807, 2.05) is 6.08 Å². The number of benzene rings is 1. The van der Waals surface area contributed by atoms with E-state index in [0.29, 0.717) is 11.5 Å². The molecule has 1 aliphatic carbocycles. The number of halogens is 4. The standard InChI is InChI=1S/C20H26F4O2/c1-2-3-4-15-5-7-16(8-6-15)13-20(23,24)25-14-17-9-11-18(12-10-17)26-19(21)22/h2,9-12,15-16,19H,1,3-8,13-14H2. The second-order valence-electron chi connectivity index (χ2n) is 6.91. The van der Waals surface area contributed by atoms with Gasteiger partial charge in [-0.25, -0.2) is 0 Å². The first-order chi connectivity index (χ1) is 12.4. The van der Waals surface area contributed by atoms with Crippen LogP contribution in [0.4, 0.5) is 17.6 Å². The molecule has 0 bridgehead atoms. The largest absolute Gasteiger partial charge is 0.435 e. The monoisotopic (exact) mass is 374 g/mol. The first-order valence-corrected chi connectivity index (χ1v) is 9.04. The van der Waals surface area contributed by atoms with E-state index in [1.165, 1.54) is 24.3 Å². The molecule has 0 aliphatic heterocycles. The average molecular weight is 374 g/mol. The van der Waals surface area contributed by atoms with Gasteiger partial charge in [0.05, 0.1) is 6.61 Å². The summed E-state index contributed by atoms with van der Waals surface area (Å²) in [4.78, 5) is 0. The molecule has 0 heterocycles. The summed E-state index contributed by atoms with van der Waals surface area (Å²) in [6.45, 7) is 0.539. The van der Waals surface area contributed by atoms with Gasteiger partial charge in [0.25, 0.3) is 0 Å². The Morgan fingerprint density at radius 3 is 2.27 bits per heavy atom. The van der Waals surface area contributed by atoms with E-state index in [2.05, 4.69) is 11.3 Å². The lowest BCUT2D eigenvalue weighted by atomic mass is 9.78. The van der Waals surface area contributed by atoms with E-state index in [0.717, 1.165) is 38.5 Å². The second-order valence-corrected chi connectivity index (χ2v) is 6.91. The third-order valence-electron chi connectivity index (χ3n) is 4.87. The van der Waals surface area contributed by atoms with Crippen LogP contribution < -0.4 is 4.74 Å². The van der Waals surface area contributed by atoms with E-state index in [4.69, 9.17) is 4.74 Å². The van der Waals surface area contributed by atoms with Crippen LogP contribution in [0, 0.1) is 11.8 Å². The number of allylic oxidation sites excluding steroid dienone is 1. The Balaban J connectivity index is 1.74. The summed E-state index contributed by atoms with van der Waals surface area (Å²) >= 11 is 0. The lowest BCUT2D eigenvalue weighted by Crippen LogP contribution is -2.27. The zero-order valence-electron chi connectivity index (χ0n) is 14.8. The summed E-state index contributed by atoms with van der Waals surface area (Å²) in [6, 6.07) is 5.51. The molecule has 26 heavy (non-hydrogen) atoms. The van der Waals surface area contributed by atoms with E-state index in [1.54, 1.807) is 0 Å². The average Bonchev–Trinajstić information content (AvgIpc) is 2.60. The van der Waals surface area contributed by atoms with Crippen LogP contribution in [0.15, 0.2) is 36.9 Å². The Morgan fingerprint density at radius 2 is 1.69 bits per heavy atom. The van der Waals surface area contributed by atoms with Crippen molar-refractivity contribution in [1.29, 1.82) is 0 Å². The van der Waals surface area contributed by atoms with Crippen molar-refractivity contribution in [2.75, 3.05) is 0 Å². The second kappa shape index (κ2) is 9.95. The fourth-order valence-electron chi connectivity index (χ4n) is 3.43. The fraction of sp³-hybridized carbons (Fsp3) is 0.600. The molecule has 0 saturated heterocycles. The molecule has 6 heteroatoms. The highest BCUT2D eigenvalue weighted by atomic mass is 19.3. The Hall–Kier alpha value is -1.56. The minimum Gasteiger partial charge on any atom is -0.435 e. The summed E-state index contributed by atoms with van der Waals surface area (Å²) in [5, 5.41) is 0. The number of rotatable bonds is 10. The number of alkyl halides is 4. The molecule has 2 nitrogen and oxygen atoms in total. The van der Waals surface area contributed by atoms with Gasteiger partial charge in [-0.05, 0) is 55.2 Å². The van der Waals surface area contributed by atoms with Gasteiger partial charge in [-0.3, -0.25) is 0 Å². The quantitative estimate of drug-likeness (QED) is 0.341. The molecule has 1 aromatic rings. The Morgan fingerprint density at radius 1 is 1.08 bits per heavy atom. The molecule has 1 aromatic carbocycles. The molecule has 0 amide bonds. The van der Waals surface area contributed by atoms with Crippen LogP contribution in [0.5, 0.6) is 5.75 Å². The third-order valence-corrected chi connectivity index (χ3v) is 4.87. The van der Waals surface area contributed by atoms with E-state index in [-0.39, 0.29) is 24.7 Å². The van der Waals surface area contributed by atoms with Crippen molar-refractivity contribution in [3.8, 4) is 5.75 Å². The lowest BCUT2D eigenvalue weighted by molar-refractivity contribution is -0.256. The van der Waals surface area contributed by atoms with Gasteiger partial charge in [0, 0.05) is 6.42 Å². The van der Waals surface area contributed by atoms with Crippen LogP contribution in [0.25, 0.3) is 0 Å². The molecule has 0 unspecified atom stereocenters. The minimum atomic E-state index is -3.18. The summed E-state index contributed by atoms with van der Waals surface area (Å²) in [7, 11) is 0. The van der Waals surface area contributed by atoms with Crippen LogP contribution in [-0.2, 0) is 11.3 Å². The Labute approximate surface area is 152 Å². The van der Waals surface area contributed by atoms with Crippen LogP contribution >= 0.6 is 0 Å². The first kappa shape index (κ1) is 20.7. The van der Waals surface area contributed by atoms with Gasteiger partial charge < -0.3 is 9.47 Å². The topological polar surface area (TPSA) is 18.5 Å². The molecule has 1 aliphatic rings. The zero-order valence-corrected chi connectivity index (χ0v) is 14.8. The van der Waals surface area contributed by atoms with Crippen LogP contribution in [0.2, 0.25) is 0 Å². The van der Waals surface area contributed by atoms with Gasteiger partial charge >= 0.3 is 12.7 Å². The molecule has 1 saturated carbocycles. The van der Waals surface area contributed by atoms with Gasteiger partial charge in [-0.1, -0.05) is 31.1 Å². The highest BCUT2D eigenvalue weighted by molar-refractivity contribution is 5.26. The van der Waals surface area contributed by atoms with Crippen molar-refractivity contribution < 1.29 is 27.0 Å². The van der Waals surface area contributed by atoms with Crippen molar-refractivity contribution in [3.63, 3.8) is 0 Å². The van der Waals surface area contributed by atoms with E-state index in [9.17, 15) is 17.6 Å². The minimum absolute atomic E-state index is 0.0104. The molecular formula is C20H26F4O2. The van der Waals surface area contributed by atoms with Gasteiger partial charge in [-0.2, -0.15) is 17.6 Å². The highest BCUT2D eigenvalue weighted by Gasteiger charge is 2.35. The van der Waals surface area contributed by atoms with Crippen molar-refractivity contribution in [3.05, 3.63) is 42.5 Å². The fourth-order valence-corrected chi connectivity index (χ4v) is 3.43. The number of hydrogen-bond donors (Lipinski definition) is 0. The molecule has 146 valence electrons. The normalized spacial score (nSPS) is 21.0. The van der Waals surface area contributed by atoms with Gasteiger partial charge in [0.15, 0.2) is 0 Å². The molecule has 0 radical (unpaired) electrons. The molecule has 0 aromatic heterocycles. The van der Waals surface area contributed by atoms with E-state index >= 15 is 0 Å². The Kier molecular flexibility index (Phi) is 7.94. The van der Waals surface area contributed by atoms with Crippen molar-refractivity contribution in [1.82, 2.24) is 0 Å². The van der Waals surface area contributed by atoms with Crippen molar-refractivity contribution in [2.45, 2.75) is 64.3 Å². The molecule has 2 rings (SSSR count). The molecule has 0 spiro atoms. The van der Waals surface area contributed by atoms with Gasteiger partial charge in [-0.15, -0.1) is 6.58 Å². The molecule has 0 atom stereocenters. The smallest absolute Gasteiger partial charge is 0.387 e. The predicted octanol–water partition coefficient (Wildman–Crippen LogP) is 6.56. The summed E-state index contributed by atoms with van der Waals surface area (Å²) in [5.41, 5.74) is 0.486. The summed E-state index contributed by atoms with van der Waals surface area (Å²) in [6.07, 6.45) is 4.11. The highest BCUT2D eigenvalue weighted by Crippen LogP contribution is 2.38. The predicted molar refractivity (Wildman–Crippen MR) is 92.3 cm³/mol. The van der Waals surface area contributed by atoms with Crippen LogP contribution in [0.3, 0.4) is 0 Å². The number of hydrogen-bond acceptors (Lipinski definition) is 2. The Bertz CT molecular complexity index is 537. The SMILES string of the molecule is C=CCCC1CCC(CC(F)(F)OCc2ccc(OC(F)F)cc2)CC1. The summed E-state index contributed by atoms with van der Waals surface area (Å²) < 4.78 is 61.4. The zero-order chi connectivity index (χ0) is 19.0. The van der Waals surface area contributed by atoms with E-state index < -0.39 is 12.7 Å². The van der Waals surface area contributed by atoms with Crippen LogP contribution in [-0.4, -0.2) is 12.7 Å². The maximum atomic E-state index is 14.1. The first-order valence-electron chi connectivity index (χ1n) is 9.04. The summed E-state index contributed by atoms with van der Waals surface area (Å²) in [5.74, 6) is 0.586. The van der Waals surface area contributed by atoms with Gasteiger partial charge in [0.2, 0.25) is 0 Å². The molecule has 1 fully saturated rings. The third kappa shape index (κ3) is 7.36. The maximum absolute atomic E-state index is 14.1. The number of ether oxygens (including phenoxy) is 2. The van der Waals surface area contributed by atoms with Crippen molar-refractivity contribution >= 4 is 0 Å². The van der Waals surface area contributed by atoms with Crippen molar-refractivity contribution in [2.24, 2.45) is 11.8 Å².